The van der Waals surface area contributed by atoms with E-state index in [4.69, 9.17) is 4.74 Å². The number of hydrogen-bond donors (Lipinski definition) is 1. The molecule has 0 aliphatic heterocycles. The molecule has 1 N–H and O–H groups in total. The molecular formula is C15H15N3O. The van der Waals surface area contributed by atoms with Gasteiger partial charge in [0.05, 0.1) is 23.8 Å². The van der Waals surface area contributed by atoms with Crippen molar-refractivity contribution in [3.8, 4) is 17.1 Å². The van der Waals surface area contributed by atoms with Crippen LogP contribution in [0.5, 0.6) is 5.75 Å². The van der Waals surface area contributed by atoms with Gasteiger partial charge in [-0.15, -0.1) is 0 Å². The maximum absolute atomic E-state index is 5.56. The van der Waals surface area contributed by atoms with Gasteiger partial charge in [0.15, 0.2) is 0 Å². The molecule has 4 nitrogen and oxygen atoms in total. The Morgan fingerprint density at radius 3 is 2.74 bits per heavy atom. The van der Waals surface area contributed by atoms with Crippen molar-refractivity contribution in [3.63, 3.8) is 0 Å². The molecule has 0 spiro atoms. The van der Waals surface area contributed by atoms with E-state index in [1.54, 1.807) is 12.4 Å². The zero-order valence-corrected chi connectivity index (χ0v) is 10.8. The normalized spacial score (nSPS) is 10.8. The molecule has 4 heteroatoms. The van der Waals surface area contributed by atoms with Gasteiger partial charge in [0.25, 0.3) is 0 Å². The molecule has 0 aliphatic rings. The predicted molar refractivity (Wildman–Crippen MR) is 75.1 cm³/mol. The van der Waals surface area contributed by atoms with Crippen molar-refractivity contribution in [2.45, 2.75) is 13.3 Å². The van der Waals surface area contributed by atoms with Crippen LogP contribution in [-0.4, -0.2) is 21.6 Å². The second-order valence-corrected chi connectivity index (χ2v) is 4.35. The molecule has 3 aromatic rings. The molecule has 0 unspecified atom stereocenters. The second-order valence-electron chi connectivity index (χ2n) is 4.35. The molecule has 0 amide bonds. The Balaban J connectivity index is 1.88. The number of fused-ring (bicyclic) bond motifs is 1. The number of aromatic amines is 1. The molecule has 2 heterocycles. The third-order valence-electron chi connectivity index (χ3n) is 2.88. The lowest BCUT2D eigenvalue weighted by Gasteiger charge is -2.04. The van der Waals surface area contributed by atoms with Crippen molar-refractivity contribution in [3.05, 3.63) is 42.7 Å². The Hall–Kier alpha value is -2.36. The minimum Gasteiger partial charge on any atom is -0.494 e. The number of benzene rings is 1. The van der Waals surface area contributed by atoms with Gasteiger partial charge in [0.1, 0.15) is 11.6 Å². The number of pyridine rings is 1. The Morgan fingerprint density at radius 2 is 2.00 bits per heavy atom. The SMILES string of the molecule is CCCOc1ccc(-c2nc3ccncc3[nH]2)cc1. The first-order chi connectivity index (χ1) is 9.36. The van der Waals surface area contributed by atoms with Gasteiger partial charge in [-0.1, -0.05) is 6.92 Å². The molecule has 0 fully saturated rings. The monoisotopic (exact) mass is 253 g/mol. The van der Waals surface area contributed by atoms with Gasteiger partial charge in [0, 0.05) is 11.8 Å². The molecule has 0 radical (unpaired) electrons. The van der Waals surface area contributed by atoms with Crippen LogP contribution in [0.25, 0.3) is 22.4 Å². The summed E-state index contributed by atoms with van der Waals surface area (Å²) in [4.78, 5) is 11.9. The van der Waals surface area contributed by atoms with Crippen LogP contribution >= 0.6 is 0 Å². The molecule has 0 atom stereocenters. The van der Waals surface area contributed by atoms with E-state index in [9.17, 15) is 0 Å². The first kappa shape index (κ1) is 11.7. The highest BCUT2D eigenvalue weighted by Gasteiger charge is 2.05. The van der Waals surface area contributed by atoms with Gasteiger partial charge in [0.2, 0.25) is 0 Å². The fraction of sp³-hybridized carbons (Fsp3) is 0.200. The average molecular weight is 253 g/mol. The van der Waals surface area contributed by atoms with Gasteiger partial charge in [-0.3, -0.25) is 4.98 Å². The van der Waals surface area contributed by atoms with Gasteiger partial charge in [-0.2, -0.15) is 0 Å². The number of ether oxygens (including phenoxy) is 1. The lowest BCUT2D eigenvalue weighted by molar-refractivity contribution is 0.317. The van der Waals surface area contributed by atoms with Gasteiger partial charge < -0.3 is 9.72 Å². The van der Waals surface area contributed by atoms with E-state index in [0.29, 0.717) is 0 Å². The first-order valence-electron chi connectivity index (χ1n) is 6.40. The second kappa shape index (κ2) is 5.10. The summed E-state index contributed by atoms with van der Waals surface area (Å²) < 4.78 is 5.56. The Labute approximate surface area is 111 Å². The topological polar surface area (TPSA) is 50.8 Å². The molecule has 2 aromatic heterocycles. The van der Waals surface area contributed by atoms with Crippen molar-refractivity contribution in [2.75, 3.05) is 6.61 Å². The molecule has 0 saturated heterocycles. The van der Waals surface area contributed by atoms with E-state index in [-0.39, 0.29) is 0 Å². The van der Waals surface area contributed by atoms with Gasteiger partial charge in [-0.25, -0.2) is 4.98 Å². The van der Waals surface area contributed by atoms with E-state index in [0.717, 1.165) is 41.2 Å². The standard InChI is InChI=1S/C15H15N3O/c1-2-9-19-12-5-3-11(4-6-12)15-17-13-7-8-16-10-14(13)18-15/h3-8,10H,2,9H2,1H3,(H,17,18). The summed E-state index contributed by atoms with van der Waals surface area (Å²) in [5, 5.41) is 0. The lowest BCUT2D eigenvalue weighted by atomic mass is 10.2. The fourth-order valence-corrected chi connectivity index (χ4v) is 1.92. The Morgan fingerprint density at radius 1 is 1.16 bits per heavy atom. The number of hydrogen-bond acceptors (Lipinski definition) is 3. The smallest absolute Gasteiger partial charge is 0.138 e. The number of H-pyrrole nitrogens is 1. The minimum absolute atomic E-state index is 0.746. The third-order valence-corrected chi connectivity index (χ3v) is 2.88. The molecule has 19 heavy (non-hydrogen) atoms. The third kappa shape index (κ3) is 2.42. The van der Waals surface area contributed by atoms with Crippen molar-refractivity contribution in [1.29, 1.82) is 0 Å². The summed E-state index contributed by atoms with van der Waals surface area (Å²) in [5.41, 5.74) is 2.92. The molecule has 1 aromatic carbocycles. The molecule has 3 rings (SSSR count). The number of imidazole rings is 1. The van der Waals surface area contributed by atoms with Crippen molar-refractivity contribution >= 4 is 11.0 Å². The largest absolute Gasteiger partial charge is 0.494 e. The van der Waals surface area contributed by atoms with Gasteiger partial charge in [-0.05, 0) is 36.8 Å². The van der Waals surface area contributed by atoms with Crippen LogP contribution in [0.3, 0.4) is 0 Å². The van der Waals surface area contributed by atoms with Crippen molar-refractivity contribution in [2.24, 2.45) is 0 Å². The summed E-state index contributed by atoms with van der Waals surface area (Å²) in [6.07, 6.45) is 4.54. The van der Waals surface area contributed by atoms with E-state index in [1.807, 2.05) is 30.3 Å². The first-order valence-corrected chi connectivity index (χ1v) is 6.40. The molecule has 96 valence electrons. The highest BCUT2D eigenvalue weighted by Crippen LogP contribution is 2.22. The van der Waals surface area contributed by atoms with E-state index < -0.39 is 0 Å². The molecule has 0 saturated carbocycles. The number of nitrogens with one attached hydrogen (secondary N) is 1. The van der Waals surface area contributed by atoms with Crippen LogP contribution in [0.1, 0.15) is 13.3 Å². The van der Waals surface area contributed by atoms with Crippen LogP contribution in [0.4, 0.5) is 0 Å². The summed E-state index contributed by atoms with van der Waals surface area (Å²) in [6.45, 7) is 2.84. The van der Waals surface area contributed by atoms with E-state index in [1.165, 1.54) is 0 Å². The van der Waals surface area contributed by atoms with Crippen LogP contribution in [0, 0.1) is 0 Å². The van der Waals surface area contributed by atoms with Crippen LogP contribution in [0.15, 0.2) is 42.7 Å². The molecular weight excluding hydrogens is 238 g/mol. The van der Waals surface area contributed by atoms with Crippen LogP contribution in [-0.2, 0) is 0 Å². The quantitative estimate of drug-likeness (QED) is 0.775. The van der Waals surface area contributed by atoms with E-state index in [2.05, 4.69) is 21.9 Å². The maximum Gasteiger partial charge on any atom is 0.138 e. The predicted octanol–water partition coefficient (Wildman–Crippen LogP) is 3.41. The summed E-state index contributed by atoms with van der Waals surface area (Å²) >= 11 is 0. The Bertz CT molecular complexity index is 640. The average Bonchev–Trinajstić information content (AvgIpc) is 2.89. The summed E-state index contributed by atoms with van der Waals surface area (Å²) in [5.74, 6) is 1.74. The molecule has 0 aliphatic carbocycles. The number of rotatable bonds is 4. The lowest BCUT2D eigenvalue weighted by Crippen LogP contribution is -1.94. The zero-order chi connectivity index (χ0) is 13.1. The van der Waals surface area contributed by atoms with Crippen LogP contribution in [0.2, 0.25) is 0 Å². The summed E-state index contributed by atoms with van der Waals surface area (Å²) in [7, 11) is 0. The summed E-state index contributed by atoms with van der Waals surface area (Å²) in [6, 6.07) is 9.85. The zero-order valence-electron chi connectivity index (χ0n) is 10.8. The molecule has 0 bridgehead atoms. The van der Waals surface area contributed by atoms with Crippen LogP contribution < -0.4 is 4.74 Å². The fourth-order valence-electron chi connectivity index (χ4n) is 1.92. The number of nitrogens with zero attached hydrogens (tertiary/aromatic N) is 2. The highest BCUT2D eigenvalue weighted by molar-refractivity contribution is 5.78. The number of aromatic nitrogens is 3. The maximum atomic E-state index is 5.56. The highest BCUT2D eigenvalue weighted by atomic mass is 16.5. The Kier molecular flexibility index (Phi) is 3.14. The minimum atomic E-state index is 0.746. The van der Waals surface area contributed by atoms with Crippen molar-refractivity contribution < 1.29 is 4.74 Å². The van der Waals surface area contributed by atoms with E-state index >= 15 is 0 Å². The van der Waals surface area contributed by atoms with Gasteiger partial charge >= 0.3 is 0 Å². The van der Waals surface area contributed by atoms with Crippen molar-refractivity contribution in [1.82, 2.24) is 15.0 Å².